The SMILES string of the molecule is C(COCC1CO1)OCC1CO1.C=CC.C=CC.C=CC. The van der Waals surface area contributed by atoms with Crippen molar-refractivity contribution in [3.63, 3.8) is 0 Å². The van der Waals surface area contributed by atoms with Crippen LogP contribution in [0.5, 0.6) is 0 Å². The van der Waals surface area contributed by atoms with Gasteiger partial charge in [0, 0.05) is 0 Å². The fraction of sp³-hybridized carbons (Fsp3) is 0.647. The number of rotatable bonds is 7. The van der Waals surface area contributed by atoms with Crippen molar-refractivity contribution in [1.29, 1.82) is 0 Å². The first-order valence-electron chi connectivity index (χ1n) is 7.29. The van der Waals surface area contributed by atoms with Crippen LogP contribution in [0.15, 0.2) is 38.0 Å². The minimum atomic E-state index is 0.358. The van der Waals surface area contributed by atoms with E-state index < -0.39 is 0 Å². The highest BCUT2D eigenvalue weighted by Crippen LogP contribution is 2.09. The van der Waals surface area contributed by atoms with Crippen LogP contribution in [0.1, 0.15) is 20.8 Å². The second kappa shape index (κ2) is 19.1. The number of ether oxygens (including phenoxy) is 4. The van der Waals surface area contributed by atoms with Gasteiger partial charge in [-0.1, -0.05) is 18.2 Å². The lowest BCUT2D eigenvalue weighted by molar-refractivity contribution is 0.0366. The molecule has 2 rings (SSSR count). The molecule has 2 saturated heterocycles. The third kappa shape index (κ3) is 28.1. The lowest BCUT2D eigenvalue weighted by Crippen LogP contribution is -2.10. The Hall–Kier alpha value is -0.940. The van der Waals surface area contributed by atoms with Crippen molar-refractivity contribution in [3.8, 4) is 0 Å². The molecule has 0 saturated carbocycles. The zero-order valence-corrected chi connectivity index (χ0v) is 13.9. The molecule has 0 aromatic rings. The van der Waals surface area contributed by atoms with Gasteiger partial charge in [0.2, 0.25) is 0 Å². The molecule has 0 radical (unpaired) electrons. The van der Waals surface area contributed by atoms with E-state index in [0.29, 0.717) is 38.6 Å². The Labute approximate surface area is 130 Å². The quantitative estimate of drug-likeness (QED) is 0.411. The third-order valence-electron chi connectivity index (χ3n) is 1.78. The van der Waals surface area contributed by atoms with Gasteiger partial charge >= 0.3 is 0 Å². The first-order chi connectivity index (χ1) is 10.2. The summed E-state index contributed by atoms with van der Waals surface area (Å²) in [6, 6.07) is 0. The summed E-state index contributed by atoms with van der Waals surface area (Å²) in [6.07, 6.45) is 5.97. The number of hydrogen-bond donors (Lipinski definition) is 0. The first-order valence-corrected chi connectivity index (χ1v) is 7.29. The zero-order chi connectivity index (χ0) is 16.3. The monoisotopic (exact) mass is 300 g/mol. The molecule has 21 heavy (non-hydrogen) atoms. The van der Waals surface area contributed by atoms with Gasteiger partial charge in [0.05, 0.1) is 39.6 Å². The van der Waals surface area contributed by atoms with Crippen molar-refractivity contribution in [1.82, 2.24) is 0 Å². The maximum absolute atomic E-state index is 5.27. The van der Waals surface area contributed by atoms with Gasteiger partial charge in [-0.05, 0) is 20.8 Å². The summed E-state index contributed by atoms with van der Waals surface area (Å²) in [4.78, 5) is 0. The smallest absolute Gasteiger partial charge is 0.104 e. The minimum absolute atomic E-state index is 0.358. The van der Waals surface area contributed by atoms with E-state index >= 15 is 0 Å². The summed E-state index contributed by atoms with van der Waals surface area (Å²) in [6.45, 7) is 20.2. The number of hydrogen-bond acceptors (Lipinski definition) is 4. The zero-order valence-electron chi connectivity index (χ0n) is 13.9. The van der Waals surface area contributed by atoms with Crippen LogP contribution in [0.2, 0.25) is 0 Å². The van der Waals surface area contributed by atoms with Gasteiger partial charge in [0.1, 0.15) is 12.2 Å². The van der Waals surface area contributed by atoms with Crippen molar-refractivity contribution in [2.24, 2.45) is 0 Å². The molecule has 0 aromatic heterocycles. The van der Waals surface area contributed by atoms with Crippen LogP contribution >= 0.6 is 0 Å². The Morgan fingerprint density at radius 3 is 1.24 bits per heavy atom. The Morgan fingerprint density at radius 2 is 1.05 bits per heavy atom. The molecule has 0 aromatic carbocycles. The van der Waals surface area contributed by atoms with Crippen molar-refractivity contribution < 1.29 is 18.9 Å². The fourth-order valence-corrected chi connectivity index (χ4v) is 0.876. The Morgan fingerprint density at radius 1 is 0.810 bits per heavy atom. The molecule has 0 bridgehead atoms. The molecule has 2 aliphatic rings. The van der Waals surface area contributed by atoms with E-state index in [1.54, 1.807) is 18.2 Å². The van der Waals surface area contributed by atoms with E-state index in [1.165, 1.54) is 0 Å². The molecular weight excluding hydrogens is 268 g/mol. The van der Waals surface area contributed by atoms with Gasteiger partial charge in [-0.15, -0.1) is 19.7 Å². The molecule has 0 aliphatic carbocycles. The highest BCUT2D eigenvalue weighted by atomic mass is 16.6. The van der Waals surface area contributed by atoms with Crippen LogP contribution < -0.4 is 0 Å². The molecule has 4 nitrogen and oxygen atoms in total. The average molecular weight is 300 g/mol. The lowest BCUT2D eigenvalue weighted by Gasteiger charge is -2.02. The topological polar surface area (TPSA) is 43.5 Å². The standard InChI is InChI=1S/C8H14O4.3C3H6/c1(9-3-7-5-11-7)2-10-4-8-6-12-8;3*1-3-2/h7-8H,1-6H2;3*3H,1H2,2H3. The third-order valence-corrected chi connectivity index (χ3v) is 1.78. The van der Waals surface area contributed by atoms with Crippen molar-refractivity contribution in [3.05, 3.63) is 38.0 Å². The van der Waals surface area contributed by atoms with Gasteiger partial charge in [-0.25, -0.2) is 0 Å². The number of epoxide rings is 2. The summed E-state index contributed by atoms with van der Waals surface area (Å²) < 4.78 is 20.5. The van der Waals surface area contributed by atoms with Crippen LogP contribution in [0, 0.1) is 0 Å². The van der Waals surface area contributed by atoms with Crippen LogP contribution in [-0.2, 0) is 18.9 Å². The molecule has 2 fully saturated rings. The van der Waals surface area contributed by atoms with E-state index in [0.717, 1.165) is 13.2 Å². The molecule has 2 heterocycles. The average Bonchev–Trinajstić information content (AvgIpc) is 3.30. The summed E-state index contributed by atoms with van der Waals surface area (Å²) in [5, 5.41) is 0. The summed E-state index contributed by atoms with van der Waals surface area (Å²) in [5.41, 5.74) is 0. The Kier molecular flexibility index (Phi) is 20.3. The van der Waals surface area contributed by atoms with Crippen molar-refractivity contribution in [2.75, 3.05) is 39.6 Å². The summed E-state index contributed by atoms with van der Waals surface area (Å²) in [5.74, 6) is 0. The molecule has 2 unspecified atom stereocenters. The molecule has 0 amide bonds. The maximum atomic E-state index is 5.27. The van der Waals surface area contributed by atoms with E-state index in [4.69, 9.17) is 18.9 Å². The van der Waals surface area contributed by atoms with Gasteiger partial charge in [-0.3, -0.25) is 0 Å². The predicted octanol–water partition coefficient (Wildman–Crippen LogP) is 3.39. The van der Waals surface area contributed by atoms with E-state index in [9.17, 15) is 0 Å². The molecule has 124 valence electrons. The molecule has 4 heteroatoms. The van der Waals surface area contributed by atoms with Gasteiger partial charge in [-0.2, -0.15) is 0 Å². The predicted molar refractivity (Wildman–Crippen MR) is 88.7 cm³/mol. The van der Waals surface area contributed by atoms with E-state index in [-0.39, 0.29) is 0 Å². The summed E-state index contributed by atoms with van der Waals surface area (Å²) in [7, 11) is 0. The molecule has 0 spiro atoms. The van der Waals surface area contributed by atoms with Crippen LogP contribution in [0.4, 0.5) is 0 Å². The second-order valence-corrected chi connectivity index (χ2v) is 4.29. The highest BCUT2D eigenvalue weighted by molar-refractivity contribution is 4.68. The normalized spacial score (nSPS) is 20.1. The molecule has 2 atom stereocenters. The number of allylic oxidation sites excluding steroid dienone is 3. The van der Waals surface area contributed by atoms with Crippen molar-refractivity contribution >= 4 is 0 Å². The van der Waals surface area contributed by atoms with E-state index in [1.807, 2.05) is 20.8 Å². The largest absolute Gasteiger partial charge is 0.376 e. The molecular formula is C17H32O4. The molecule has 0 N–H and O–H groups in total. The van der Waals surface area contributed by atoms with Crippen LogP contribution in [-0.4, -0.2) is 51.8 Å². The van der Waals surface area contributed by atoms with Crippen LogP contribution in [0.3, 0.4) is 0 Å². The first kappa shape index (κ1) is 22.3. The minimum Gasteiger partial charge on any atom is -0.376 e. The maximum Gasteiger partial charge on any atom is 0.104 e. The van der Waals surface area contributed by atoms with Gasteiger partial charge < -0.3 is 18.9 Å². The lowest BCUT2D eigenvalue weighted by atomic mass is 10.5. The Balaban J connectivity index is 0. The van der Waals surface area contributed by atoms with Crippen LogP contribution in [0.25, 0.3) is 0 Å². The van der Waals surface area contributed by atoms with Crippen molar-refractivity contribution in [2.45, 2.75) is 33.0 Å². The fourth-order valence-electron chi connectivity index (χ4n) is 0.876. The van der Waals surface area contributed by atoms with E-state index in [2.05, 4.69) is 19.7 Å². The summed E-state index contributed by atoms with van der Waals surface area (Å²) >= 11 is 0. The van der Waals surface area contributed by atoms with Gasteiger partial charge in [0.25, 0.3) is 0 Å². The van der Waals surface area contributed by atoms with Gasteiger partial charge in [0.15, 0.2) is 0 Å². The highest BCUT2D eigenvalue weighted by Gasteiger charge is 2.23. The Bertz CT molecular complexity index is 203. The molecule has 2 aliphatic heterocycles. The second-order valence-electron chi connectivity index (χ2n) is 4.29.